The molecule has 0 bridgehead atoms. The van der Waals surface area contributed by atoms with Gasteiger partial charge in [-0.2, -0.15) is 0 Å². The van der Waals surface area contributed by atoms with E-state index in [9.17, 15) is 14.4 Å². The summed E-state index contributed by atoms with van der Waals surface area (Å²) in [7, 11) is 1.50. The maximum absolute atomic E-state index is 12.3. The van der Waals surface area contributed by atoms with E-state index in [4.69, 9.17) is 25.8 Å². The van der Waals surface area contributed by atoms with Gasteiger partial charge in [-0.15, -0.1) is 0 Å². The van der Waals surface area contributed by atoms with E-state index < -0.39 is 23.5 Å². The van der Waals surface area contributed by atoms with Crippen LogP contribution in [-0.2, 0) is 25.7 Å². The average Bonchev–Trinajstić information content (AvgIpc) is 2.71. The molecule has 1 heterocycles. The molecule has 1 aliphatic rings. The fraction of sp³-hybridized carbons (Fsp3) is 0.174. The normalized spacial score (nSPS) is 16.2. The molecule has 0 fully saturated rings. The molecule has 0 unspecified atom stereocenters. The van der Waals surface area contributed by atoms with Gasteiger partial charge in [-0.3, -0.25) is 14.4 Å². The van der Waals surface area contributed by atoms with Gasteiger partial charge >= 0.3 is 5.97 Å². The molecule has 0 saturated carbocycles. The Kier molecular flexibility index (Phi) is 6.69. The van der Waals surface area contributed by atoms with Crippen molar-refractivity contribution in [2.75, 3.05) is 7.11 Å². The van der Waals surface area contributed by atoms with Gasteiger partial charge in [0.15, 0.2) is 29.0 Å². The van der Waals surface area contributed by atoms with Gasteiger partial charge < -0.3 is 14.2 Å². The number of halogens is 1. The summed E-state index contributed by atoms with van der Waals surface area (Å²) in [5, 5.41) is 0.607. The summed E-state index contributed by atoms with van der Waals surface area (Å²) in [5.74, 6) is -2.42. The number of benzene rings is 2. The molecule has 2 aromatic rings. The van der Waals surface area contributed by atoms with E-state index in [1.165, 1.54) is 26.2 Å². The van der Waals surface area contributed by atoms with E-state index in [1.54, 1.807) is 24.3 Å². The Labute approximate surface area is 178 Å². The van der Waals surface area contributed by atoms with Crippen LogP contribution in [0.3, 0.4) is 0 Å². The number of ether oxygens (including phenoxy) is 3. The van der Waals surface area contributed by atoms with Gasteiger partial charge in [0.1, 0.15) is 12.4 Å². The van der Waals surface area contributed by atoms with Crippen LogP contribution in [0.2, 0.25) is 5.02 Å². The van der Waals surface area contributed by atoms with E-state index in [0.29, 0.717) is 22.1 Å². The Bertz CT molecular complexity index is 1050. The second-order valence-electron chi connectivity index (χ2n) is 6.54. The third kappa shape index (κ3) is 4.96. The number of ketones is 2. The third-order valence-corrected chi connectivity index (χ3v) is 4.75. The van der Waals surface area contributed by atoms with Crippen molar-refractivity contribution in [3.63, 3.8) is 0 Å². The predicted octanol–water partition coefficient (Wildman–Crippen LogP) is 4.16. The smallest absolute Gasteiger partial charge is 0.329 e. The van der Waals surface area contributed by atoms with Crippen LogP contribution in [0.1, 0.15) is 18.1 Å². The first-order chi connectivity index (χ1) is 14.4. The number of hydrogen-bond donors (Lipinski definition) is 0. The lowest BCUT2D eigenvalue weighted by atomic mass is 9.96. The van der Waals surface area contributed by atoms with Gasteiger partial charge in [0, 0.05) is 16.7 Å². The molecular formula is C23H19ClO6. The van der Waals surface area contributed by atoms with E-state index >= 15 is 0 Å². The third-order valence-electron chi connectivity index (χ3n) is 4.38. The lowest BCUT2D eigenvalue weighted by Crippen LogP contribution is -2.34. The van der Waals surface area contributed by atoms with Crippen molar-refractivity contribution in [2.45, 2.75) is 13.5 Å². The Morgan fingerprint density at radius 1 is 1.17 bits per heavy atom. The highest BCUT2D eigenvalue weighted by atomic mass is 35.5. The van der Waals surface area contributed by atoms with Crippen LogP contribution in [-0.4, -0.2) is 24.6 Å². The van der Waals surface area contributed by atoms with Gasteiger partial charge in [-0.05, 0) is 36.8 Å². The summed E-state index contributed by atoms with van der Waals surface area (Å²) in [6, 6.07) is 12.5. The summed E-state index contributed by atoms with van der Waals surface area (Å²) in [5.41, 5.74) is 1.47. The van der Waals surface area contributed by atoms with Crippen molar-refractivity contribution in [3.05, 3.63) is 76.5 Å². The number of hydrogen-bond acceptors (Lipinski definition) is 6. The number of cyclic esters (lactones) is 1. The minimum atomic E-state index is -1.47. The van der Waals surface area contributed by atoms with Crippen LogP contribution in [0.15, 0.2) is 60.4 Å². The first-order valence-electron chi connectivity index (χ1n) is 9.09. The number of rotatable bonds is 7. The van der Waals surface area contributed by atoms with Crippen molar-refractivity contribution in [1.29, 1.82) is 0 Å². The quantitative estimate of drug-likeness (QED) is 0.376. The van der Waals surface area contributed by atoms with Crippen LogP contribution in [0, 0.1) is 5.92 Å². The van der Waals surface area contributed by atoms with E-state index in [1.807, 2.05) is 18.2 Å². The number of esters is 1. The number of carbonyl (C=O) groups excluding carboxylic acids is 3. The number of carbonyl (C=O) groups is 3. The minimum Gasteiger partial charge on any atom is -0.493 e. The Morgan fingerprint density at radius 3 is 2.63 bits per heavy atom. The molecule has 1 aliphatic heterocycles. The molecule has 0 N–H and O–H groups in total. The summed E-state index contributed by atoms with van der Waals surface area (Å²) < 4.78 is 16.0. The van der Waals surface area contributed by atoms with Crippen LogP contribution < -0.4 is 9.47 Å². The predicted molar refractivity (Wildman–Crippen MR) is 111 cm³/mol. The van der Waals surface area contributed by atoms with Crippen LogP contribution in [0.5, 0.6) is 11.5 Å². The van der Waals surface area contributed by atoms with Gasteiger partial charge in [0.25, 0.3) is 0 Å². The highest BCUT2D eigenvalue weighted by Gasteiger charge is 2.36. The Balaban J connectivity index is 1.71. The van der Waals surface area contributed by atoms with Crippen molar-refractivity contribution >= 4 is 35.2 Å². The lowest BCUT2D eigenvalue weighted by Gasteiger charge is -2.15. The minimum absolute atomic E-state index is 0.176. The monoisotopic (exact) mass is 426 g/mol. The molecule has 6 nitrogen and oxygen atoms in total. The van der Waals surface area contributed by atoms with Crippen LogP contribution in [0.4, 0.5) is 0 Å². The number of methoxy groups -OCH3 is 1. The molecule has 2 aromatic carbocycles. The Morgan fingerprint density at radius 2 is 1.93 bits per heavy atom. The molecule has 7 heteroatoms. The van der Waals surface area contributed by atoms with Crippen molar-refractivity contribution in [3.8, 4) is 11.5 Å². The molecule has 30 heavy (non-hydrogen) atoms. The zero-order valence-electron chi connectivity index (χ0n) is 16.4. The first kappa shape index (κ1) is 21.3. The van der Waals surface area contributed by atoms with Crippen molar-refractivity contribution in [1.82, 2.24) is 0 Å². The van der Waals surface area contributed by atoms with Crippen molar-refractivity contribution in [2.24, 2.45) is 5.92 Å². The summed E-state index contributed by atoms with van der Waals surface area (Å²) in [6.45, 7) is 1.75. The molecule has 0 aliphatic carbocycles. The van der Waals surface area contributed by atoms with Crippen LogP contribution >= 0.6 is 11.6 Å². The summed E-state index contributed by atoms with van der Waals surface area (Å²) in [4.78, 5) is 36.1. The SMILES string of the molecule is COc1cc(/C=C/C(=O)[C@H]2C(=O)C=C(C)OC2=O)ccc1OCc1ccccc1Cl. The molecule has 0 radical (unpaired) electrons. The molecule has 0 spiro atoms. The second-order valence-corrected chi connectivity index (χ2v) is 6.94. The molecule has 0 saturated heterocycles. The van der Waals surface area contributed by atoms with Crippen LogP contribution in [0.25, 0.3) is 6.08 Å². The van der Waals surface area contributed by atoms with Gasteiger partial charge in [0.2, 0.25) is 0 Å². The molecule has 0 aromatic heterocycles. The number of allylic oxidation sites excluding steroid dienone is 3. The molecular weight excluding hydrogens is 408 g/mol. The highest BCUT2D eigenvalue weighted by molar-refractivity contribution is 6.31. The zero-order valence-corrected chi connectivity index (χ0v) is 17.1. The highest BCUT2D eigenvalue weighted by Crippen LogP contribution is 2.30. The van der Waals surface area contributed by atoms with E-state index in [-0.39, 0.29) is 12.4 Å². The maximum atomic E-state index is 12.3. The molecule has 1 atom stereocenters. The molecule has 154 valence electrons. The molecule has 0 amide bonds. The Hall–Kier alpha value is -3.38. The average molecular weight is 427 g/mol. The lowest BCUT2D eigenvalue weighted by molar-refractivity contribution is -0.151. The van der Waals surface area contributed by atoms with Crippen molar-refractivity contribution < 1.29 is 28.6 Å². The largest absolute Gasteiger partial charge is 0.493 e. The van der Waals surface area contributed by atoms with Gasteiger partial charge in [-0.25, -0.2) is 0 Å². The van der Waals surface area contributed by atoms with Gasteiger partial charge in [0.05, 0.1) is 7.11 Å². The molecule has 3 rings (SSSR count). The zero-order chi connectivity index (χ0) is 21.7. The standard InChI is InChI=1S/C23H19ClO6/c1-14-11-19(26)22(23(27)30-14)18(25)9-7-15-8-10-20(21(12-15)28-2)29-13-16-5-3-4-6-17(16)24/h3-12,22H,13H2,1-2H3/b9-7+/t22-/m0/s1. The topological polar surface area (TPSA) is 78.9 Å². The second kappa shape index (κ2) is 9.41. The fourth-order valence-electron chi connectivity index (χ4n) is 2.86. The summed E-state index contributed by atoms with van der Waals surface area (Å²) in [6.07, 6.45) is 3.82. The van der Waals surface area contributed by atoms with E-state index in [0.717, 1.165) is 11.6 Å². The maximum Gasteiger partial charge on any atom is 0.329 e. The fourth-order valence-corrected chi connectivity index (χ4v) is 3.05. The van der Waals surface area contributed by atoms with Gasteiger partial charge in [-0.1, -0.05) is 41.9 Å². The summed E-state index contributed by atoms with van der Waals surface area (Å²) >= 11 is 6.14. The first-order valence-corrected chi connectivity index (χ1v) is 9.47. The van der Waals surface area contributed by atoms with E-state index in [2.05, 4.69) is 0 Å².